The number of urea groups is 1. The molecule has 0 saturated heterocycles. The van der Waals surface area contributed by atoms with Crippen LogP contribution in [-0.4, -0.2) is 37.9 Å². The van der Waals surface area contributed by atoms with Crippen molar-refractivity contribution in [3.8, 4) is 0 Å². The van der Waals surface area contributed by atoms with E-state index >= 15 is 0 Å². The lowest BCUT2D eigenvalue weighted by molar-refractivity contribution is 0.182. The highest BCUT2D eigenvalue weighted by molar-refractivity contribution is 5.89. The van der Waals surface area contributed by atoms with E-state index in [0.717, 1.165) is 37.1 Å². The van der Waals surface area contributed by atoms with Crippen LogP contribution in [0, 0.1) is 5.92 Å². The molecule has 2 rings (SSSR count). The molecular weight excluding hydrogens is 278 g/mol. The van der Waals surface area contributed by atoms with Crippen LogP contribution >= 0.6 is 0 Å². The van der Waals surface area contributed by atoms with Gasteiger partial charge in [-0.15, -0.1) is 0 Å². The number of carbonyl (C=O) groups excluding carboxylic acids is 1. The smallest absolute Gasteiger partial charge is 0.319 e. The fourth-order valence-electron chi connectivity index (χ4n) is 2.97. The number of aliphatic hydroxyl groups excluding tert-OH is 1. The van der Waals surface area contributed by atoms with Crippen LogP contribution in [0.15, 0.2) is 24.3 Å². The summed E-state index contributed by atoms with van der Waals surface area (Å²) < 4.78 is 0. The van der Waals surface area contributed by atoms with E-state index in [1.807, 2.05) is 43.3 Å². The maximum Gasteiger partial charge on any atom is 0.319 e. The third-order valence-electron chi connectivity index (χ3n) is 4.35. The zero-order valence-electron chi connectivity index (χ0n) is 13.5. The Labute approximate surface area is 132 Å². The van der Waals surface area contributed by atoms with Crippen LogP contribution < -0.4 is 15.5 Å². The van der Waals surface area contributed by atoms with Crippen LogP contribution in [0.4, 0.5) is 16.2 Å². The standard InChI is InChI=1S/C17H27N3O2/c1-20(2)15-10-8-14(9-11-15)18-17(22)19-16-7-5-3-4-6-13(16)12-21/h8-11,13,16,21H,3-7,12H2,1-2H3,(H2,18,19,22). The first-order chi connectivity index (χ1) is 10.6. The van der Waals surface area contributed by atoms with Gasteiger partial charge in [-0.3, -0.25) is 0 Å². The second-order valence-electron chi connectivity index (χ2n) is 6.23. The summed E-state index contributed by atoms with van der Waals surface area (Å²) in [5.74, 6) is 0.171. The van der Waals surface area contributed by atoms with Crippen molar-refractivity contribution in [2.75, 3.05) is 30.9 Å². The molecule has 1 aliphatic carbocycles. The molecule has 22 heavy (non-hydrogen) atoms. The SMILES string of the molecule is CN(C)c1ccc(NC(=O)NC2CCCCCC2CO)cc1. The van der Waals surface area contributed by atoms with E-state index in [-0.39, 0.29) is 24.6 Å². The summed E-state index contributed by atoms with van der Waals surface area (Å²) >= 11 is 0. The second-order valence-corrected chi connectivity index (χ2v) is 6.23. The number of rotatable bonds is 4. The van der Waals surface area contributed by atoms with E-state index in [1.165, 1.54) is 6.42 Å². The Morgan fingerprint density at radius 3 is 2.50 bits per heavy atom. The van der Waals surface area contributed by atoms with Gasteiger partial charge in [0.05, 0.1) is 0 Å². The first-order valence-corrected chi connectivity index (χ1v) is 8.06. The highest BCUT2D eigenvalue weighted by atomic mass is 16.3. The Balaban J connectivity index is 1.91. The predicted octanol–water partition coefficient (Wildman–Crippen LogP) is 2.82. The van der Waals surface area contributed by atoms with Crippen LogP contribution in [0.2, 0.25) is 0 Å². The van der Waals surface area contributed by atoms with Crippen molar-refractivity contribution >= 4 is 17.4 Å². The normalized spacial score (nSPS) is 21.8. The first kappa shape index (κ1) is 16.6. The highest BCUT2D eigenvalue weighted by Crippen LogP contribution is 2.23. The van der Waals surface area contributed by atoms with Crippen molar-refractivity contribution in [1.29, 1.82) is 0 Å². The van der Waals surface area contributed by atoms with E-state index < -0.39 is 0 Å². The third-order valence-corrected chi connectivity index (χ3v) is 4.35. The largest absolute Gasteiger partial charge is 0.396 e. The molecule has 0 bridgehead atoms. The number of benzene rings is 1. The second kappa shape index (κ2) is 8.03. The van der Waals surface area contributed by atoms with Crippen molar-refractivity contribution in [3.05, 3.63) is 24.3 Å². The molecule has 2 atom stereocenters. The fourth-order valence-corrected chi connectivity index (χ4v) is 2.97. The molecule has 3 N–H and O–H groups in total. The summed E-state index contributed by atoms with van der Waals surface area (Å²) in [6.45, 7) is 0.141. The quantitative estimate of drug-likeness (QED) is 0.750. The zero-order valence-corrected chi connectivity index (χ0v) is 13.5. The van der Waals surface area contributed by atoms with Crippen LogP contribution in [0.5, 0.6) is 0 Å². The number of anilines is 2. The molecule has 2 amide bonds. The summed E-state index contributed by atoms with van der Waals surface area (Å²) in [6, 6.07) is 7.60. The topological polar surface area (TPSA) is 64.6 Å². The maximum absolute atomic E-state index is 12.2. The lowest BCUT2D eigenvalue weighted by Gasteiger charge is -2.24. The molecule has 0 spiro atoms. The van der Waals surface area contributed by atoms with Gasteiger partial charge in [-0.1, -0.05) is 19.3 Å². The van der Waals surface area contributed by atoms with Gasteiger partial charge in [-0.2, -0.15) is 0 Å². The lowest BCUT2D eigenvalue weighted by atomic mass is 9.96. The van der Waals surface area contributed by atoms with Crippen LogP contribution in [-0.2, 0) is 0 Å². The minimum absolute atomic E-state index is 0.0635. The van der Waals surface area contributed by atoms with E-state index in [4.69, 9.17) is 0 Å². The summed E-state index contributed by atoms with van der Waals surface area (Å²) in [6.07, 6.45) is 5.36. The Morgan fingerprint density at radius 2 is 1.86 bits per heavy atom. The average molecular weight is 305 g/mol. The number of hydrogen-bond donors (Lipinski definition) is 3. The monoisotopic (exact) mass is 305 g/mol. The summed E-state index contributed by atoms with van der Waals surface area (Å²) in [4.78, 5) is 14.2. The van der Waals surface area contributed by atoms with Gasteiger partial charge in [0, 0.05) is 44.0 Å². The van der Waals surface area contributed by atoms with Crippen molar-refractivity contribution in [3.63, 3.8) is 0 Å². The van der Waals surface area contributed by atoms with Crippen LogP contribution in [0.1, 0.15) is 32.1 Å². The molecule has 1 aromatic carbocycles. The Hall–Kier alpha value is -1.75. The number of amides is 2. The molecular formula is C17H27N3O2. The fraction of sp³-hybridized carbons (Fsp3) is 0.588. The summed E-state index contributed by atoms with van der Waals surface area (Å²) in [7, 11) is 3.96. The minimum Gasteiger partial charge on any atom is -0.396 e. The molecule has 0 aromatic heterocycles. The van der Waals surface area contributed by atoms with Gasteiger partial charge in [0.15, 0.2) is 0 Å². The third kappa shape index (κ3) is 4.63. The lowest BCUT2D eigenvalue weighted by Crippen LogP contribution is -2.43. The molecule has 1 fully saturated rings. The number of nitrogens with zero attached hydrogens (tertiary/aromatic N) is 1. The van der Waals surface area contributed by atoms with Crippen molar-refractivity contribution in [2.45, 2.75) is 38.1 Å². The molecule has 122 valence electrons. The Kier molecular flexibility index (Phi) is 6.07. The molecule has 1 aliphatic rings. The van der Waals surface area contributed by atoms with Gasteiger partial charge in [0.1, 0.15) is 0 Å². The zero-order chi connectivity index (χ0) is 15.9. The minimum atomic E-state index is -0.192. The van der Waals surface area contributed by atoms with Gasteiger partial charge in [-0.05, 0) is 37.1 Å². The summed E-state index contributed by atoms with van der Waals surface area (Å²) in [5.41, 5.74) is 1.87. The van der Waals surface area contributed by atoms with E-state index in [0.29, 0.717) is 0 Å². The maximum atomic E-state index is 12.2. The van der Waals surface area contributed by atoms with Gasteiger partial charge < -0.3 is 20.6 Å². The summed E-state index contributed by atoms with van der Waals surface area (Å²) in [5, 5.41) is 15.4. The molecule has 0 radical (unpaired) electrons. The van der Waals surface area contributed by atoms with Gasteiger partial charge >= 0.3 is 6.03 Å². The number of carbonyl (C=O) groups is 1. The molecule has 0 heterocycles. The van der Waals surface area contributed by atoms with E-state index in [1.54, 1.807) is 0 Å². The molecule has 5 nitrogen and oxygen atoms in total. The van der Waals surface area contributed by atoms with Gasteiger partial charge in [0.25, 0.3) is 0 Å². The average Bonchev–Trinajstić information content (AvgIpc) is 2.72. The van der Waals surface area contributed by atoms with Crippen molar-refractivity contribution < 1.29 is 9.90 Å². The van der Waals surface area contributed by atoms with Gasteiger partial charge in [0.2, 0.25) is 0 Å². The molecule has 1 saturated carbocycles. The first-order valence-electron chi connectivity index (χ1n) is 8.06. The predicted molar refractivity (Wildman–Crippen MR) is 90.4 cm³/mol. The highest BCUT2D eigenvalue weighted by Gasteiger charge is 2.24. The van der Waals surface area contributed by atoms with Gasteiger partial charge in [-0.25, -0.2) is 4.79 Å². The number of nitrogens with one attached hydrogen (secondary N) is 2. The molecule has 1 aromatic rings. The van der Waals surface area contributed by atoms with E-state index in [2.05, 4.69) is 10.6 Å². The molecule has 0 aliphatic heterocycles. The van der Waals surface area contributed by atoms with Crippen molar-refractivity contribution in [2.24, 2.45) is 5.92 Å². The number of hydrogen-bond acceptors (Lipinski definition) is 3. The van der Waals surface area contributed by atoms with Crippen molar-refractivity contribution in [1.82, 2.24) is 5.32 Å². The number of aliphatic hydroxyl groups is 1. The Bertz CT molecular complexity index is 473. The van der Waals surface area contributed by atoms with Crippen LogP contribution in [0.25, 0.3) is 0 Å². The molecule has 5 heteroatoms. The molecule has 2 unspecified atom stereocenters. The Morgan fingerprint density at radius 1 is 1.18 bits per heavy atom. The van der Waals surface area contributed by atoms with E-state index in [9.17, 15) is 9.90 Å². The van der Waals surface area contributed by atoms with Crippen LogP contribution in [0.3, 0.4) is 0 Å².